The lowest BCUT2D eigenvalue weighted by molar-refractivity contribution is -0.161. The molecule has 0 aromatic heterocycles. The van der Waals surface area contributed by atoms with Gasteiger partial charge in [0.25, 0.3) is 0 Å². The van der Waals surface area contributed by atoms with Gasteiger partial charge in [0.05, 0.1) is 26.4 Å². The van der Waals surface area contributed by atoms with E-state index in [1.54, 1.807) is 0 Å². The van der Waals surface area contributed by atoms with Gasteiger partial charge in [-0.15, -0.1) is 0 Å². The van der Waals surface area contributed by atoms with Gasteiger partial charge in [0, 0.05) is 25.7 Å². The van der Waals surface area contributed by atoms with E-state index in [0.29, 0.717) is 25.7 Å². The van der Waals surface area contributed by atoms with Crippen LogP contribution in [0.5, 0.6) is 0 Å². The SMILES string of the molecule is CCCCCCCCCCCCCCCCCCCCCCC(=O)O[C@H](COC(=O)CCCCCCCCC(C)CC)COP(=O)(O)OC[C@@H](O)COP(=O)(O)OC[C@@H](COC(=O)CCCCCCCCC)OC(=O)CCCCCCCCCC. The second kappa shape index (κ2) is 59.7. The molecule has 85 heavy (non-hydrogen) atoms. The Morgan fingerprint density at radius 2 is 0.565 bits per heavy atom. The van der Waals surface area contributed by atoms with Crippen molar-refractivity contribution in [2.75, 3.05) is 39.6 Å². The third-order valence-electron chi connectivity index (χ3n) is 15.6. The first kappa shape index (κ1) is 83.1. The Bertz CT molecular complexity index is 1650. The second-order valence-electron chi connectivity index (χ2n) is 24.1. The lowest BCUT2D eigenvalue weighted by Gasteiger charge is -2.21. The van der Waals surface area contributed by atoms with Crippen molar-refractivity contribution in [1.82, 2.24) is 0 Å². The second-order valence-corrected chi connectivity index (χ2v) is 27.0. The number of hydrogen-bond acceptors (Lipinski definition) is 15. The Morgan fingerprint density at radius 3 is 0.835 bits per heavy atom. The van der Waals surface area contributed by atoms with Crippen LogP contribution in [-0.2, 0) is 65.4 Å². The molecule has 0 rings (SSSR count). The van der Waals surface area contributed by atoms with E-state index in [-0.39, 0.29) is 25.7 Å². The largest absolute Gasteiger partial charge is 0.472 e. The highest BCUT2D eigenvalue weighted by molar-refractivity contribution is 7.47. The van der Waals surface area contributed by atoms with Crippen molar-refractivity contribution in [3.63, 3.8) is 0 Å². The Morgan fingerprint density at radius 1 is 0.329 bits per heavy atom. The molecule has 0 amide bonds. The zero-order valence-electron chi connectivity index (χ0n) is 54.7. The Labute approximate surface area is 517 Å². The number of aliphatic hydroxyl groups excluding tert-OH is 1. The van der Waals surface area contributed by atoms with Crippen LogP contribution < -0.4 is 0 Å². The summed E-state index contributed by atoms with van der Waals surface area (Å²) in [4.78, 5) is 72.1. The summed E-state index contributed by atoms with van der Waals surface area (Å²) in [7, 11) is -9.88. The molecule has 504 valence electrons. The van der Waals surface area contributed by atoms with Crippen molar-refractivity contribution < 1.29 is 80.2 Å². The number of carbonyl (C=O) groups excluding carboxylic acids is 4. The van der Waals surface area contributed by atoms with Crippen LogP contribution in [0.1, 0.15) is 336 Å². The minimum atomic E-state index is -4.94. The predicted octanol–water partition coefficient (Wildman–Crippen LogP) is 18.6. The average Bonchev–Trinajstić information content (AvgIpc) is 3.50. The lowest BCUT2D eigenvalue weighted by atomic mass is 10.00. The number of aliphatic hydroxyl groups is 1. The summed E-state index contributed by atoms with van der Waals surface area (Å²) in [6.07, 6.45) is 44.8. The lowest BCUT2D eigenvalue weighted by Crippen LogP contribution is -2.30. The first-order valence-electron chi connectivity index (χ1n) is 34.7. The van der Waals surface area contributed by atoms with Gasteiger partial charge >= 0.3 is 39.5 Å². The molecular weight excluding hydrogens is 1130 g/mol. The molecule has 0 fully saturated rings. The van der Waals surface area contributed by atoms with Gasteiger partial charge in [0.2, 0.25) is 0 Å². The Hall–Kier alpha value is -1.94. The highest BCUT2D eigenvalue weighted by Gasteiger charge is 2.30. The van der Waals surface area contributed by atoms with Crippen molar-refractivity contribution in [2.45, 2.75) is 355 Å². The van der Waals surface area contributed by atoms with Crippen LogP contribution in [-0.4, -0.2) is 96.7 Å². The number of hydrogen-bond donors (Lipinski definition) is 3. The van der Waals surface area contributed by atoms with Gasteiger partial charge in [-0.05, 0) is 31.6 Å². The predicted molar refractivity (Wildman–Crippen MR) is 340 cm³/mol. The minimum Gasteiger partial charge on any atom is -0.462 e. The number of ether oxygens (including phenoxy) is 4. The average molecular weight is 1260 g/mol. The Balaban J connectivity index is 5.11. The van der Waals surface area contributed by atoms with Crippen molar-refractivity contribution in [3.8, 4) is 0 Å². The van der Waals surface area contributed by atoms with Crippen LogP contribution in [0.3, 0.4) is 0 Å². The number of unbranched alkanes of at least 4 members (excludes halogenated alkanes) is 37. The molecule has 0 radical (unpaired) electrons. The summed E-state index contributed by atoms with van der Waals surface area (Å²) in [5.74, 6) is -1.41. The molecule has 0 saturated carbocycles. The standard InChI is InChI=1S/C66H128O17P2/c1-6-10-13-16-19-21-22-23-24-25-26-27-28-29-30-31-32-35-42-47-52-66(71)83-62(56-77-64(69)50-45-40-37-36-38-43-48-59(5)9-4)58-81-85(74,75)79-54-60(67)53-78-84(72,73)80-57-61(55-76-63(68)49-44-39-33-18-15-12-8-3)82-65(70)51-46-41-34-20-17-14-11-7-2/h59-62,67H,6-58H2,1-5H3,(H,72,73)(H,74,75)/t59?,60-,61+,62+/m0/s1. The van der Waals surface area contributed by atoms with Crippen LogP contribution in [0.25, 0.3) is 0 Å². The number of carbonyl (C=O) groups is 4. The van der Waals surface area contributed by atoms with Crippen LogP contribution in [0.2, 0.25) is 0 Å². The highest BCUT2D eigenvalue weighted by atomic mass is 31.2. The van der Waals surface area contributed by atoms with Crippen LogP contribution >= 0.6 is 15.6 Å². The molecule has 0 bridgehead atoms. The number of esters is 4. The van der Waals surface area contributed by atoms with Gasteiger partial charge in [-0.25, -0.2) is 9.13 Å². The van der Waals surface area contributed by atoms with E-state index < -0.39 is 97.5 Å². The van der Waals surface area contributed by atoms with E-state index >= 15 is 0 Å². The van der Waals surface area contributed by atoms with E-state index in [9.17, 15) is 43.2 Å². The minimum absolute atomic E-state index is 0.105. The van der Waals surface area contributed by atoms with Gasteiger partial charge < -0.3 is 33.8 Å². The molecule has 0 aromatic rings. The molecule has 3 unspecified atom stereocenters. The first-order chi connectivity index (χ1) is 41.1. The van der Waals surface area contributed by atoms with E-state index in [1.165, 1.54) is 135 Å². The topological polar surface area (TPSA) is 237 Å². The van der Waals surface area contributed by atoms with Crippen LogP contribution in [0, 0.1) is 5.92 Å². The summed E-state index contributed by atoms with van der Waals surface area (Å²) in [6.45, 7) is 7.10. The molecule has 0 saturated heterocycles. The number of rotatable bonds is 66. The van der Waals surface area contributed by atoms with Gasteiger partial charge in [0.1, 0.15) is 19.3 Å². The summed E-state index contributed by atoms with van der Waals surface area (Å²) in [5.41, 5.74) is 0. The molecule has 6 atom stereocenters. The fourth-order valence-corrected chi connectivity index (χ4v) is 11.5. The molecule has 0 aliphatic heterocycles. The summed E-state index contributed by atoms with van der Waals surface area (Å²) in [5, 5.41) is 10.5. The molecule has 0 heterocycles. The maximum Gasteiger partial charge on any atom is 0.472 e. The quantitative estimate of drug-likeness (QED) is 0.0222. The molecule has 0 aliphatic carbocycles. The van der Waals surface area contributed by atoms with E-state index in [4.69, 9.17) is 37.0 Å². The highest BCUT2D eigenvalue weighted by Crippen LogP contribution is 2.45. The van der Waals surface area contributed by atoms with Gasteiger partial charge in [0.15, 0.2) is 12.2 Å². The monoisotopic (exact) mass is 1250 g/mol. The molecular formula is C66H128O17P2. The Kier molecular flexibility index (Phi) is 58.3. The van der Waals surface area contributed by atoms with E-state index in [0.717, 1.165) is 121 Å². The van der Waals surface area contributed by atoms with Crippen molar-refractivity contribution >= 4 is 39.5 Å². The van der Waals surface area contributed by atoms with Gasteiger partial charge in [-0.3, -0.25) is 37.3 Å². The summed E-state index contributed by atoms with van der Waals surface area (Å²) in [6, 6.07) is 0. The maximum absolute atomic E-state index is 13.0. The van der Waals surface area contributed by atoms with E-state index in [2.05, 4.69) is 34.6 Å². The molecule has 0 spiro atoms. The third-order valence-corrected chi connectivity index (χ3v) is 17.5. The van der Waals surface area contributed by atoms with E-state index in [1.807, 2.05) is 0 Å². The molecule has 0 aliphatic rings. The zero-order chi connectivity index (χ0) is 62.8. The van der Waals surface area contributed by atoms with Crippen molar-refractivity contribution in [2.24, 2.45) is 5.92 Å². The first-order valence-corrected chi connectivity index (χ1v) is 37.7. The molecule has 0 aromatic carbocycles. The third kappa shape index (κ3) is 59.5. The van der Waals surface area contributed by atoms with Gasteiger partial charge in [-0.2, -0.15) is 0 Å². The zero-order valence-corrected chi connectivity index (χ0v) is 56.5. The van der Waals surface area contributed by atoms with Crippen molar-refractivity contribution in [1.29, 1.82) is 0 Å². The van der Waals surface area contributed by atoms with Crippen LogP contribution in [0.15, 0.2) is 0 Å². The summed E-state index contributed by atoms with van der Waals surface area (Å²) >= 11 is 0. The molecule has 17 nitrogen and oxygen atoms in total. The fourth-order valence-electron chi connectivity index (χ4n) is 9.90. The van der Waals surface area contributed by atoms with Gasteiger partial charge in [-0.1, -0.05) is 285 Å². The molecule has 19 heteroatoms. The normalized spacial score (nSPS) is 14.5. The summed E-state index contributed by atoms with van der Waals surface area (Å²) < 4.78 is 67.9. The number of phosphoric ester groups is 2. The fraction of sp³-hybridized carbons (Fsp3) is 0.939. The number of phosphoric acid groups is 2. The maximum atomic E-state index is 13.0. The smallest absolute Gasteiger partial charge is 0.462 e. The van der Waals surface area contributed by atoms with Crippen molar-refractivity contribution in [3.05, 3.63) is 0 Å². The van der Waals surface area contributed by atoms with Crippen LogP contribution in [0.4, 0.5) is 0 Å². The molecule has 3 N–H and O–H groups in total.